The van der Waals surface area contributed by atoms with Crippen molar-refractivity contribution in [1.82, 2.24) is 59.0 Å². The molecule has 0 atom stereocenters. The molecular formula is C125H82N12S. The van der Waals surface area contributed by atoms with Gasteiger partial charge >= 0.3 is 0 Å². The van der Waals surface area contributed by atoms with Crippen molar-refractivity contribution in [2.24, 2.45) is 0 Å². The molecule has 648 valence electrons. The standard InChI is InChI=1S/C44H27N5S.C42H30N4.C39H25N3/c1-3-12-28(13-4-1)42-46-43(29-14-5-2-6-15-29)48-44(47-42)31-23-25-40(45-27-31)49-37-20-9-7-16-33(37)34-24-22-30(26-38(34)49)32-18-11-19-36-35-17-8-10-21-39(35)50-41(32)36;1-42(2)33-19-11-9-17-31(33)37-34(42)25-26-36-38(37)32-18-10-12-20-35(32)46(36)30-23-21-29(22-24-30)41-44-39(27-13-5-3-6-14-27)43-40(45-41)28-15-7-4-8-16-28;1-3-12-26(13-4-1)37-40-38(27-14-5-2-6-15-27)42-39(41-37)30-17-11-16-28(24-30)29-22-23-35-33-20-8-7-18-31(33)32-19-9-10-21-34(32)36(35)25-29/h1-27H;3-26H,1-2H3;1-25H. The van der Waals surface area contributed by atoms with Crippen LogP contribution in [-0.4, -0.2) is 59.0 Å². The molecule has 26 aromatic rings. The maximum atomic E-state index is 5.05. The highest BCUT2D eigenvalue weighted by Crippen LogP contribution is 2.54. The second-order valence-corrected chi connectivity index (χ2v) is 36.3. The second kappa shape index (κ2) is 34.5. The molecule has 27 rings (SSSR count). The number of thiophene rings is 1. The summed E-state index contributed by atoms with van der Waals surface area (Å²) in [6.07, 6.45) is 1.87. The number of hydrogen-bond acceptors (Lipinski definition) is 11. The van der Waals surface area contributed by atoms with Crippen molar-refractivity contribution >= 4 is 107 Å². The topological polar surface area (TPSA) is 139 Å². The summed E-state index contributed by atoms with van der Waals surface area (Å²) < 4.78 is 7.27. The van der Waals surface area contributed by atoms with Gasteiger partial charge in [-0.3, -0.25) is 4.57 Å². The van der Waals surface area contributed by atoms with Gasteiger partial charge < -0.3 is 4.57 Å². The minimum atomic E-state index is -0.0489. The summed E-state index contributed by atoms with van der Waals surface area (Å²) in [6, 6.07) is 159. The first-order chi connectivity index (χ1) is 68.2. The summed E-state index contributed by atoms with van der Waals surface area (Å²) in [5.41, 5.74) is 24.3. The normalized spacial score (nSPS) is 12.0. The van der Waals surface area contributed by atoms with Crippen LogP contribution < -0.4 is 0 Å². The Morgan fingerprint density at radius 2 is 0.572 bits per heavy atom. The van der Waals surface area contributed by atoms with Crippen LogP contribution in [0.1, 0.15) is 25.0 Å². The average molecular weight is 1780 g/mol. The van der Waals surface area contributed by atoms with E-state index in [4.69, 9.17) is 49.8 Å². The highest BCUT2D eigenvalue weighted by Gasteiger charge is 2.38. The Kier molecular flexibility index (Phi) is 20.5. The lowest BCUT2D eigenvalue weighted by Crippen LogP contribution is -2.14. The molecule has 0 amide bonds. The summed E-state index contributed by atoms with van der Waals surface area (Å²) in [5, 5.41) is 15.2. The first-order valence-electron chi connectivity index (χ1n) is 46.4. The van der Waals surface area contributed by atoms with Crippen LogP contribution in [0.5, 0.6) is 0 Å². The monoisotopic (exact) mass is 1780 g/mol. The first kappa shape index (κ1) is 81.9. The third-order valence-electron chi connectivity index (χ3n) is 26.7. The zero-order valence-electron chi connectivity index (χ0n) is 75.2. The van der Waals surface area contributed by atoms with Crippen molar-refractivity contribution < 1.29 is 0 Å². The number of nitrogens with zero attached hydrogens (tertiary/aromatic N) is 12. The molecular weight excluding hydrogens is 1700 g/mol. The summed E-state index contributed by atoms with van der Waals surface area (Å²) >= 11 is 1.86. The summed E-state index contributed by atoms with van der Waals surface area (Å²) in [5.74, 6) is 6.61. The maximum absolute atomic E-state index is 5.05. The van der Waals surface area contributed by atoms with E-state index in [-0.39, 0.29) is 5.41 Å². The lowest BCUT2D eigenvalue weighted by Gasteiger charge is -2.21. The van der Waals surface area contributed by atoms with Gasteiger partial charge in [0, 0.05) is 109 Å². The van der Waals surface area contributed by atoms with E-state index in [1.54, 1.807) is 0 Å². The molecule has 19 aromatic carbocycles. The molecule has 0 spiro atoms. The molecule has 0 aliphatic heterocycles. The van der Waals surface area contributed by atoms with Crippen LogP contribution in [0.15, 0.2) is 461 Å². The molecule has 1 aliphatic carbocycles. The molecule has 1 aliphatic rings. The molecule has 7 aromatic heterocycles. The Morgan fingerprint density at radius 1 is 0.210 bits per heavy atom. The Balaban J connectivity index is 0.000000110. The average Bonchev–Trinajstić information content (AvgIpc) is 1.53. The van der Waals surface area contributed by atoms with E-state index in [1.807, 2.05) is 200 Å². The van der Waals surface area contributed by atoms with Crippen LogP contribution in [0.2, 0.25) is 0 Å². The quantitative estimate of drug-likeness (QED) is 0.103. The molecule has 0 unspecified atom stereocenters. The first-order valence-corrected chi connectivity index (χ1v) is 47.2. The molecule has 0 bridgehead atoms. The van der Waals surface area contributed by atoms with Gasteiger partial charge in [0.15, 0.2) is 52.4 Å². The van der Waals surface area contributed by atoms with Crippen LogP contribution in [0, 0.1) is 0 Å². The smallest absolute Gasteiger partial charge is 0.165 e. The van der Waals surface area contributed by atoms with Gasteiger partial charge in [0.25, 0.3) is 0 Å². The minimum Gasteiger partial charge on any atom is -0.309 e. The van der Waals surface area contributed by atoms with E-state index in [9.17, 15) is 0 Å². The lowest BCUT2D eigenvalue weighted by molar-refractivity contribution is 0.661. The van der Waals surface area contributed by atoms with E-state index in [2.05, 4.69) is 296 Å². The van der Waals surface area contributed by atoms with Crippen molar-refractivity contribution in [3.8, 4) is 147 Å². The molecule has 7 heterocycles. The third-order valence-corrected chi connectivity index (χ3v) is 27.9. The molecule has 0 radical (unpaired) electrons. The molecule has 0 saturated carbocycles. The van der Waals surface area contributed by atoms with E-state index in [0.717, 1.165) is 83.7 Å². The lowest BCUT2D eigenvalue weighted by atomic mass is 9.82. The van der Waals surface area contributed by atoms with Crippen molar-refractivity contribution in [3.05, 3.63) is 472 Å². The zero-order valence-corrected chi connectivity index (χ0v) is 76.0. The van der Waals surface area contributed by atoms with Crippen molar-refractivity contribution in [3.63, 3.8) is 0 Å². The summed E-state index contributed by atoms with van der Waals surface area (Å²) in [4.78, 5) is 49.2. The Bertz CT molecular complexity index is 9000. The third kappa shape index (κ3) is 14.7. The fourth-order valence-corrected chi connectivity index (χ4v) is 21.3. The van der Waals surface area contributed by atoms with Gasteiger partial charge in [0.1, 0.15) is 5.82 Å². The van der Waals surface area contributed by atoms with Gasteiger partial charge in [-0.1, -0.05) is 390 Å². The maximum Gasteiger partial charge on any atom is 0.165 e. The van der Waals surface area contributed by atoms with Gasteiger partial charge in [0.2, 0.25) is 0 Å². The number of pyridine rings is 1. The Morgan fingerprint density at radius 3 is 1.10 bits per heavy atom. The van der Waals surface area contributed by atoms with E-state index >= 15 is 0 Å². The highest BCUT2D eigenvalue weighted by atomic mass is 32.1. The van der Waals surface area contributed by atoms with Crippen molar-refractivity contribution in [2.45, 2.75) is 19.3 Å². The molecule has 13 heteroatoms. The van der Waals surface area contributed by atoms with Crippen LogP contribution in [0.4, 0.5) is 0 Å². The molecule has 0 fully saturated rings. The fourth-order valence-electron chi connectivity index (χ4n) is 20.0. The molecule has 0 saturated heterocycles. The number of benzene rings is 19. The number of para-hydroxylation sites is 2. The van der Waals surface area contributed by atoms with Gasteiger partial charge in [-0.05, 0) is 156 Å². The fraction of sp³-hybridized carbons (Fsp3) is 0.0240. The Hall–Kier alpha value is -18.0. The van der Waals surface area contributed by atoms with Gasteiger partial charge in [-0.2, -0.15) is 0 Å². The van der Waals surface area contributed by atoms with Crippen LogP contribution in [-0.2, 0) is 5.41 Å². The van der Waals surface area contributed by atoms with Crippen LogP contribution in [0.25, 0.3) is 243 Å². The van der Waals surface area contributed by atoms with Crippen molar-refractivity contribution in [1.29, 1.82) is 0 Å². The second-order valence-electron chi connectivity index (χ2n) is 35.3. The number of rotatable bonds is 13. The van der Waals surface area contributed by atoms with E-state index in [1.165, 1.54) is 118 Å². The predicted molar refractivity (Wildman–Crippen MR) is 569 cm³/mol. The molecule has 12 nitrogen and oxygen atoms in total. The van der Waals surface area contributed by atoms with Gasteiger partial charge in [-0.15, -0.1) is 11.3 Å². The van der Waals surface area contributed by atoms with Gasteiger partial charge in [-0.25, -0.2) is 49.8 Å². The molecule has 138 heavy (non-hydrogen) atoms. The summed E-state index contributed by atoms with van der Waals surface area (Å²) in [7, 11) is 0. The predicted octanol–water partition coefficient (Wildman–Crippen LogP) is 31.7. The van der Waals surface area contributed by atoms with Gasteiger partial charge in [0.05, 0.1) is 22.1 Å². The van der Waals surface area contributed by atoms with E-state index in [0.29, 0.717) is 52.4 Å². The Labute approximate surface area is 799 Å². The van der Waals surface area contributed by atoms with Crippen LogP contribution in [0.3, 0.4) is 0 Å². The number of hydrogen-bond donors (Lipinski definition) is 0. The zero-order chi connectivity index (χ0) is 91.7. The number of aromatic nitrogens is 12. The number of fused-ring (bicyclic) bond motifs is 19. The SMILES string of the molecule is CC1(C)c2ccccc2-c2c1ccc1c2c2ccccc2n1-c1ccc(-c2nc(-c3ccccc3)nc(-c3ccccc3)n2)cc1.c1ccc(-c2nc(-c3ccccc3)nc(-c3ccc(-n4c5ccccc5c5ccc(-c6cccc7c6sc6ccccc67)cc54)nc3)n2)cc1.c1ccc(-c2nc(-c3ccccc3)nc(-c3cccc(-c4ccc5c6ccccc6c6ccccc6c5c4)c3)n2)cc1. The largest absolute Gasteiger partial charge is 0.309 e. The minimum absolute atomic E-state index is 0.0489. The summed E-state index contributed by atoms with van der Waals surface area (Å²) in [6.45, 7) is 4.68. The van der Waals surface area contributed by atoms with Crippen molar-refractivity contribution in [2.75, 3.05) is 0 Å². The van der Waals surface area contributed by atoms with E-state index < -0.39 is 0 Å². The van der Waals surface area contributed by atoms with Crippen LogP contribution >= 0.6 is 11.3 Å². The highest BCUT2D eigenvalue weighted by molar-refractivity contribution is 7.26. The molecule has 0 N–H and O–H groups in total.